The predicted molar refractivity (Wildman–Crippen MR) is 111 cm³/mol. The molecule has 1 aliphatic rings. The summed E-state index contributed by atoms with van der Waals surface area (Å²) >= 11 is 0. The number of esters is 1. The summed E-state index contributed by atoms with van der Waals surface area (Å²) in [6.07, 6.45) is 0.0618. The van der Waals surface area contributed by atoms with Crippen LogP contribution in [0.25, 0.3) is 0 Å². The minimum absolute atomic E-state index is 0.0618. The van der Waals surface area contributed by atoms with Crippen LogP contribution in [-0.4, -0.2) is 45.0 Å². The van der Waals surface area contributed by atoms with Crippen LogP contribution in [0.4, 0.5) is 5.69 Å². The molecule has 0 spiro atoms. The lowest BCUT2D eigenvalue weighted by Gasteiger charge is -2.20. The van der Waals surface area contributed by atoms with Crippen LogP contribution < -0.4 is 14.4 Å². The van der Waals surface area contributed by atoms with E-state index < -0.39 is 24.3 Å². The fraction of sp³-hybridized carbons (Fsp3) is 0.348. The van der Waals surface area contributed by atoms with Crippen LogP contribution >= 0.6 is 0 Å². The lowest BCUT2D eigenvalue weighted by atomic mass is 10.1. The van der Waals surface area contributed by atoms with Crippen molar-refractivity contribution in [3.63, 3.8) is 0 Å². The number of aryl methyl sites for hydroxylation is 1. The zero-order chi connectivity index (χ0) is 21.8. The second-order valence-electron chi connectivity index (χ2n) is 7.22. The van der Waals surface area contributed by atoms with Crippen LogP contribution in [0, 0.1) is 19.8 Å². The molecule has 1 fully saturated rings. The van der Waals surface area contributed by atoms with Gasteiger partial charge in [-0.15, -0.1) is 0 Å². The Morgan fingerprint density at radius 3 is 2.57 bits per heavy atom. The maximum absolute atomic E-state index is 12.5. The average Bonchev–Trinajstić information content (AvgIpc) is 3.14. The van der Waals surface area contributed by atoms with Crippen LogP contribution in [0.2, 0.25) is 0 Å². The molecular weight excluding hydrogens is 386 g/mol. The molecule has 0 bridgehead atoms. The second kappa shape index (κ2) is 8.98. The van der Waals surface area contributed by atoms with E-state index in [1.54, 1.807) is 23.1 Å². The van der Waals surface area contributed by atoms with Crippen molar-refractivity contribution in [2.75, 3.05) is 32.3 Å². The fourth-order valence-corrected chi connectivity index (χ4v) is 3.49. The van der Waals surface area contributed by atoms with Crippen LogP contribution in [0.5, 0.6) is 11.5 Å². The lowest BCUT2D eigenvalue weighted by Crippen LogP contribution is -2.28. The molecule has 2 aromatic carbocycles. The largest absolute Gasteiger partial charge is 0.497 e. The number of hydrogen-bond donors (Lipinski definition) is 0. The van der Waals surface area contributed by atoms with Crippen molar-refractivity contribution < 1.29 is 28.6 Å². The van der Waals surface area contributed by atoms with Gasteiger partial charge in [0.15, 0.2) is 6.61 Å². The minimum atomic E-state index is -0.608. The number of rotatable bonds is 7. The molecule has 0 saturated carbocycles. The van der Waals surface area contributed by atoms with E-state index in [1.807, 2.05) is 32.0 Å². The van der Waals surface area contributed by atoms with Crippen LogP contribution in [0.1, 0.15) is 27.9 Å². The molecule has 1 atom stereocenters. The molecule has 1 saturated heterocycles. The quantitative estimate of drug-likeness (QED) is 0.514. The minimum Gasteiger partial charge on any atom is -0.497 e. The highest BCUT2D eigenvalue weighted by Crippen LogP contribution is 2.30. The van der Waals surface area contributed by atoms with Gasteiger partial charge in [-0.05, 0) is 43.2 Å². The van der Waals surface area contributed by atoms with Crippen molar-refractivity contribution in [3.8, 4) is 11.5 Å². The number of anilines is 1. The number of methoxy groups -OCH3 is 2. The zero-order valence-electron chi connectivity index (χ0n) is 17.6. The van der Waals surface area contributed by atoms with Gasteiger partial charge in [0.1, 0.15) is 11.5 Å². The van der Waals surface area contributed by atoms with Gasteiger partial charge in [0.25, 0.3) is 0 Å². The fourth-order valence-electron chi connectivity index (χ4n) is 3.49. The molecule has 30 heavy (non-hydrogen) atoms. The van der Waals surface area contributed by atoms with Crippen molar-refractivity contribution in [1.82, 2.24) is 0 Å². The molecule has 1 aliphatic heterocycles. The Kier molecular flexibility index (Phi) is 6.40. The highest BCUT2D eigenvalue weighted by molar-refractivity contribution is 6.02. The van der Waals surface area contributed by atoms with Gasteiger partial charge in [0, 0.05) is 24.7 Å². The summed E-state index contributed by atoms with van der Waals surface area (Å²) in [6, 6.07) is 10.5. The molecule has 1 amide bonds. The second-order valence-corrected chi connectivity index (χ2v) is 7.22. The third kappa shape index (κ3) is 4.30. The van der Waals surface area contributed by atoms with Gasteiger partial charge in [0.05, 0.1) is 25.7 Å². The molecule has 158 valence electrons. The van der Waals surface area contributed by atoms with E-state index >= 15 is 0 Å². The molecule has 3 rings (SSSR count). The Hall–Kier alpha value is -3.35. The third-order valence-corrected chi connectivity index (χ3v) is 5.38. The first-order valence-electron chi connectivity index (χ1n) is 9.64. The SMILES string of the molecule is COc1ccc(C(=O)COC(=O)[C@H]2CC(=O)N(c3cccc(C)c3C)C2)c(OC)c1. The Balaban J connectivity index is 1.64. The first kappa shape index (κ1) is 21.4. The van der Waals surface area contributed by atoms with Crippen LogP contribution in [-0.2, 0) is 14.3 Å². The number of carbonyl (C=O) groups excluding carboxylic acids is 3. The first-order chi connectivity index (χ1) is 14.3. The van der Waals surface area contributed by atoms with Gasteiger partial charge in [0.2, 0.25) is 11.7 Å². The van der Waals surface area contributed by atoms with Gasteiger partial charge in [-0.3, -0.25) is 14.4 Å². The van der Waals surface area contributed by atoms with Gasteiger partial charge in [-0.2, -0.15) is 0 Å². The molecule has 7 heteroatoms. The summed E-state index contributed by atoms with van der Waals surface area (Å²) in [6.45, 7) is 3.74. The topological polar surface area (TPSA) is 82.1 Å². The zero-order valence-corrected chi connectivity index (χ0v) is 17.6. The number of benzene rings is 2. The number of carbonyl (C=O) groups is 3. The van der Waals surface area contributed by atoms with E-state index in [2.05, 4.69) is 0 Å². The number of hydrogen-bond acceptors (Lipinski definition) is 6. The smallest absolute Gasteiger partial charge is 0.311 e. The highest BCUT2D eigenvalue weighted by Gasteiger charge is 2.37. The van der Waals surface area contributed by atoms with Crippen molar-refractivity contribution in [1.29, 1.82) is 0 Å². The monoisotopic (exact) mass is 411 g/mol. The summed E-state index contributed by atoms with van der Waals surface area (Å²) < 4.78 is 15.6. The van der Waals surface area contributed by atoms with Crippen LogP contribution in [0.3, 0.4) is 0 Å². The Morgan fingerprint density at radius 1 is 1.10 bits per heavy atom. The molecule has 0 unspecified atom stereocenters. The van der Waals surface area contributed by atoms with E-state index in [4.69, 9.17) is 14.2 Å². The number of nitrogens with zero attached hydrogens (tertiary/aromatic N) is 1. The van der Waals surface area contributed by atoms with Gasteiger partial charge in [-0.25, -0.2) is 0 Å². The molecule has 1 heterocycles. The van der Waals surface area contributed by atoms with Crippen molar-refractivity contribution in [2.24, 2.45) is 5.92 Å². The van der Waals surface area contributed by atoms with Crippen LogP contribution in [0.15, 0.2) is 36.4 Å². The van der Waals surface area contributed by atoms with Crippen molar-refractivity contribution in [3.05, 3.63) is 53.1 Å². The summed E-state index contributed by atoms with van der Waals surface area (Å²) in [5.74, 6) is -0.795. The van der Waals surface area contributed by atoms with E-state index in [0.29, 0.717) is 17.1 Å². The molecule has 2 aromatic rings. The first-order valence-corrected chi connectivity index (χ1v) is 9.64. The predicted octanol–water partition coefficient (Wildman–Crippen LogP) is 3.10. The molecule has 0 aliphatic carbocycles. The summed E-state index contributed by atoms with van der Waals surface area (Å²) in [5, 5.41) is 0. The Labute approximate surface area is 175 Å². The van der Waals surface area contributed by atoms with Crippen molar-refractivity contribution in [2.45, 2.75) is 20.3 Å². The molecule has 0 aromatic heterocycles. The highest BCUT2D eigenvalue weighted by atomic mass is 16.5. The summed E-state index contributed by atoms with van der Waals surface area (Å²) in [4.78, 5) is 39.1. The van der Waals surface area contributed by atoms with Crippen molar-refractivity contribution >= 4 is 23.3 Å². The normalized spacial score (nSPS) is 15.8. The number of ketones is 1. The van der Waals surface area contributed by atoms with E-state index in [0.717, 1.165) is 16.8 Å². The maximum atomic E-state index is 12.5. The Morgan fingerprint density at radius 2 is 1.87 bits per heavy atom. The molecular formula is C23H25NO6. The number of Topliss-reactive ketones (excluding diaryl/α,β-unsaturated/α-hetero) is 1. The standard InChI is InChI=1S/C23H25NO6/c1-14-6-5-7-19(15(14)2)24-12-16(10-22(24)26)23(27)30-13-20(25)18-9-8-17(28-3)11-21(18)29-4/h5-9,11,16H,10,12-13H2,1-4H3/t16-/m0/s1. The lowest BCUT2D eigenvalue weighted by molar-refractivity contribution is -0.147. The van der Waals surface area contributed by atoms with Gasteiger partial charge < -0.3 is 19.1 Å². The summed E-state index contributed by atoms with van der Waals surface area (Å²) in [5.41, 5.74) is 3.17. The third-order valence-electron chi connectivity index (χ3n) is 5.38. The van der Waals surface area contributed by atoms with Gasteiger partial charge in [-0.1, -0.05) is 12.1 Å². The Bertz CT molecular complexity index is 984. The van der Waals surface area contributed by atoms with E-state index in [9.17, 15) is 14.4 Å². The van der Waals surface area contributed by atoms with E-state index in [1.165, 1.54) is 14.2 Å². The van der Waals surface area contributed by atoms with Gasteiger partial charge >= 0.3 is 5.97 Å². The number of amides is 1. The molecule has 0 radical (unpaired) electrons. The summed E-state index contributed by atoms with van der Waals surface area (Å²) in [7, 11) is 2.96. The maximum Gasteiger partial charge on any atom is 0.311 e. The number of ether oxygens (including phenoxy) is 3. The average molecular weight is 411 g/mol. The van der Waals surface area contributed by atoms with E-state index in [-0.39, 0.29) is 18.9 Å². The molecule has 7 nitrogen and oxygen atoms in total. The molecule has 0 N–H and O–H groups in total.